The van der Waals surface area contributed by atoms with Gasteiger partial charge in [0.15, 0.2) is 21.4 Å². The summed E-state index contributed by atoms with van der Waals surface area (Å²) in [6.45, 7) is 0.0764. The molecule has 0 spiro atoms. The number of hydrogen-bond donors (Lipinski definition) is 2. The molecule has 2 N–H and O–H groups in total. The standard InChI is InChI=1S/C16H16F2N2O4S/c1-25(22,23)13-5-3-12(4-6-13)20-16(21)19-8-9-24-15-7-2-11(17)10-14(15)18/h2-7,10H,8-9H2,1H3,(H2,19,20,21). The van der Waals surface area contributed by atoms with Crippen LogP contribution in [0.3, 0.4) is 0 Å². The van der Waals surface area contributed by atoms with E-state index in [4.69, 9.17) is 4.74 Å². The van der Waals surface area contributed by atoms with Crippen LogP contribution >= 0.6 is 0 Å². The fourth-order valence-corrected chi connectivity index (χ4v) is 2.51. The topological polar surface area (TPSA) is 84.5 Å². The lowest BCUT2D eigenvalue weighted by Gasteiger charge is -2.10. The molecule has 0 heterocycles. The van der Waals surface area contributed by atoms with E-state index in [-0.39, 0.29) is 23.8 Å². The van der Waals surface area contributed by atoms with Gasteiger partial charge in [-0.1, -0.05) is 0 Å². The number of ether oxygens (including phenoxy) is 1. The first kappa shape index (κ1) is 18.7. The number of carbonyl (C=O) groups is 1. The largest absolute Gasteiger partial charge is 0.489 e. The van der Waals surface area contributed by atoms with E-state index in [1.165, 1.54) is 24.3 Å². The Morgan fingerprint density at radius 2 is 1.80 bits per heavy atom. The number of benzene rings is 2. The third-order valence-electron chi connectivity index (χ3n) is 3.08. The third kappa shape index (κ3) is 5.71. The van der Waals surface area contributed by atoms with Crippen LogP contribution in [0.4, 0.5) is 19.3 Å². The maximum absolute atomic E-state index is 13.3. The van der Waals surface area contributed by atoms with Crippen molar-refractivity contribution in [3.63, 3.8) is 0 Å². The molecule has 2 amide bonds. The summed E-state index contributed by atoms with van der Waals surface area (Å²) in [6.07, 6.45) is 1.09. The molecule has 6 nitrogen and oxygen atoms in total. The maximum Gasteiger partial charge on any atom is 0.319 e. The summed E-state index contributed by atoms with van der Waals surface area (Å²) in [5, 5.41) is 5.00. The van der Waals surface area contributed by atoms with Crippen molar-refractivity contribution in [2.45, 2.75) is 4.90 Å². The molecule has 0 saturated heterocycles. The van der Waals surface area contributed by atoms with E-state index in [2.05, 4.69) is 10.6 Å². The molecule has 0 aliphatic carbocycles. The van der Waals surface area contributed by atoms with E-state index in [9.17, 15) is 22.0 Å². The first-order chi connectivity index (χ1) is 11.8. The molecular weight excluding hydrogens is 354 g/mol. The smallest absolute Gasteiger partial charge is 0.319 e. The quantitative estimate of drug-likeness (QED) is 0.766. The molecule has 0 radical (unpaired) electrons. The highest BCUT2D eigenvalue weighted by atomic mass is 32.2. The number of rotatable bonds is 6. The Hall–Kier alpha value is -2.68. The number of halogens is 2. The van der Waals surface area contributed by atoms with Crippen molar-refractivity contribution in [2.75, 3.05) is 24.7 Å². The summed E-state index contributed by atoms with van der Waals surface area (Å²) in [4.78, 5) is 11.8. The summed E-state index contributed by atoms with van der Waals surface area (Å²) < 4.78 is 53.9. The van der Waals surface area contributed by atoms with E-state index in [1.54, 1.807) is 0 Å². The van der Waals surface area contributed by atoms with Gasteiger partial charge in [0.2, 0.25) is 0 Å². The number of sulfone groups is 1. The molecule has 2 rings (SSSR count). The van der Waals surface area contributed by atoms with Crippen LogP contribution in [0.2, 0.25) is 0 Å². The maximum atomic E-state index is 13.3. The molecule has 2 aromatic carbocycles. The molecule has 134 valence electrons. The van der Waals surface area contributed by atoms with Crippen molar-refractivity contribution < 1.29 is 26.7 Å². The van der Waals surface area contributed by atoms with Gasteiger partial charge in [-0.15, -0.1) is 0 Å². The summed E-state index contributed by atoms with van der Waals surface area (Å²) in [5.74, 6) is -1.64. The molecule has 0 aliphatic rings. The monoisotopic (exact) mass is 370 g/mol. The van der Waals surface area contributed by atoms with Gasteiger partial charge in [0.05, 0.1) is 11.4 Å². The van der Waals surface area contributed by atoms with Gasteiger partial charge in [0, 0.05) is 18.0 Å². The summed E-state index contributed by atoms with van der Waals surface area (Å²) in [5.41, 5.74) is 0.412. The van der Waals surface area contributed by atoms with E-state index >= 15 is 0 Å². The fraction of sp³-hybridized carbons (Fsp3) is 0.188. The zero-order valence-electron chi connectivity index (χ0n) is 13.3. The molecule has 25 heavy (non-hydrogen) atoms. The molecular formula is C16H16F2N2O4S. The summed E-state index contributed by atoms with van der Waals surface area (Å²) in [6, 6.07) is 8.08. The molecule has 0 aliphatic heterocycles. The number of nitrogens with one attached hydrogen (secondary N) is 2. The van der Waals surface area contributed by atoms with E-state index < -0.39 is 27.5 Å². The Kier molecular flexibility index (Phi) is 5.92. The Balaban J connectivity index is 1.77. The second-order valence-corrected chi connectivity index (χ2v) is 7.12. The summed E-state index contributed by atoms with van der Waals surface area (Å²) in [7, 11) is -3.30. The van der Waals surface area contributed by atoms with Crippen LogP contribution in [0.25, 0.3) is 0 Å². The second kappa shape index (κ2) is 7.93. The van der Waals surface area contributed by atoms with Crippen molar-refractivity contribution in [1.29, 1.82) is 0 Å². The predicted octanol–water partition coefficient (Wildman–Crippen LogP) is 2.57. The lowest BCUT2D eigenvalue weighted by molar-refractivity contribution is 0.246. The Morgan fingerprint density at radius 3 is 2.40 bits per heavy atom. The molecule has 0 aromatic heterocycles. The van der Waals surface area contributed by atoms with Gasteiger partial charge >= 0.3 is 6.03 Å². The van der Waals surface area contributed by atoms with Crippen molar-refractivity contribution in [3.8, 4) is 5.75 Å². The highest BCUT2D eigenvalue weighted by Gasteiger charge is 2.08. The molecule has 0 unspecified atom stereocenters. The van der Waals surface area contributed by atoms with Gasteiger partial charge in [-0.3, -0.25) is 0 Å². The van der Waals surface area contributed by atoms with Crippen molar-refractivity contribution in [2.24, 2.45) is 0 Å². The van der Waals surface area contributed by atoms with E-state index in [0.717, 1.165) is 18.4 Å². The average Bonchev–Trinajstić information content (AvgIpc) is 2.53. The molecule has 0 atom stereocenters. The zero-order valence-corrected chi connectivity index (χ0v) is 14.1. The van der Waals surface area contributed by atoms with Crippen LogP contribution in [0.15, 0.2) is 47.4 Å². The number of urea groups is 1. The minimum absolute atomic E-state index is 0.0109. The molecule has 2 aromatic rings. The number of carbonyl (C=O) groups excluding carboxylic acids is 1. The highest BCUT2D eigenvalue weighted by molar-refractivity contribution is 7.90. The number of hydrogen-bond acceptors (Lipinski definition) is 4. The van der Waals surface area contributed by atoms with Crippen molar-refractivity contribution in [3.05, 3.63) is 54.1 Å². The SMILES string of the molecule is CS(=O)(=O)c1ccc(NC(=O)NCCOc2ccc(F)cc2F)cc1. The lowest BCUT2D eigenvalue weighted by Crippen LogP contribution is -2.32. The Morgan fingerprint density at radius 1 is 1.12 bits per heavy atom. The Bertz CT molecular complexity index is 855. The fourth-order valence-electron chi connectivity index (χ4n) is 1.88. The van der Waals surface area contributed by atoms with Gasteiger partial charge in [-0.2, -0.15) is 0 Å². The van der Waals surface area contributed by atoms with Gasteiger partial charge in [0.1, 0.15) is 12.4 Å². The van der Waals surface area contributed by atoms with Crippen molar-refractivity contribution >= 4 is 21.6 Å². The van der Waals surface area contributed by atoms with Crippen LogP contribution in [0.1, 0.15) is 0 Å². The Labute approximate surface area is 143 Å². The first-order valence-corrected chi connectivity index (χ1v) is 9.07. The van der Waals surface area contributed by atoms with E-state index in [1.807, 2.05) is 0 Å². The third-order valence-corrected chi connectivity index (χ3v) is 4.21. The number of amides is 2. The predicted molar refractivity (Wildman–Crippen MR) is 88.4 cm³/mol. The minimum atomic E-state index is -3.30. The van der Waals surface area contributed by atoms with Crippen LogP contribution in [0.5, 0.6) is 5.75 Å². The number of anilines is 1. The van der Waals surface area contributed by atoms with Gasteiger partial charge < -0.3 is 15.4 Å². The van der Waals surface area contributed by atoms with Crippen LogP contribution in [0, 0.1) is 11.6 Å². The zero-order chi connectivity index (χ0) is 18.4. The highest BCUT2D eigenvalue weighted by Crippen LogP contribution is 2.17. The second-order valence-electron chi connectivity index (χ2n) is 5.10. The van der Waals surface area contributed by atoms with Gasteiger partial charge in [-0.05, 0) is 36.4 Å². The molecule has 9 heteroatoms. The van der Waals surface area contributed by atoms with Gasteiger partial charge in [-0.25, -0.2) is 22.0 Å². The first-order valence-electron chi connectivity index (χ1n) is 7.18. The molecule has 0 saturated carbocycles. The molecule has 0 fully saturated rings. The summed E-state index contributed by atoms with van der Waals surface area (Å²) >= 11 is 0. The molecule has 0 bridgehead atoms. The lowest BCUT2D eigenvalue weighted by atomic mass is 10.3. The average molecular weight is 370 g/mol. The van der Waals surface area contributed by atoms with Gasteiger partial charge in [0.25, 0.3) is 0 Å². The van der Waals surface area contributed by atoms with Crippen LogP contribution in [-0.4, -0.2) is 33.9 Å². The minimum Gasteiger partial charge on any atom is -0.489 e. The van der Waals surface area contributed by atoms with Crippen molar-refractivity contribution in [1.82, 2.24) is 5.32 Å². The normalized spacial score (nSPS) is 11.0. The van der Waals surface area contributed by atoms with E-state index in [0.29, 0.717) is 11.8 Å². The van der Waals surface area contributed by atoms with Crippen LogP contribution < -0.4 is 15.4 Å². The van der Waals surface area contributed by atoms with Crippen LogP contribution in [-0.2, 0) is 9.84 Å².